The number of H-pyrrole nitrogens is 1. The number of rotatable bonds is 4. The van der Waals surface area contributed by atoms with Gasteiger partial charge < -0.3 is 20.0 Å². The number of hydrogen-bond donors (Lipinski definition) is 2. The number of aromatic nitrogens is 4. The molecule has 4 rings (SSSR count). The number of carbonyl (C=O) groups excluding carboxylic acids is 1. The third-order valence-electron chi connectivity index (χ3n) is 4.16. The number of aromatic amines is 1. The van der Waals surface area contributed by atoms with Crippen molar-refractivity contribution < 1.29 is 79.2 Å². The molecule has 1 aromatic carbocycles. The number of anilines is 2. The maximum Gasteiger partial charge on any atom is 1.00 e. The van der Waals surface area contributed by atoms with Gasteiger partial charge in [-0.1, -0.05) is 12.1 Å². The summed E-state index contributed by atoms with van der Waals surface area (Å²) in [6.45, 7) is 0. The molecule has 2 N–H and O–H groups in total. The predicted octanol–water partition coefficient (Wildman–Crippen LogP) is -1.03. The molecule has 0 saturated carbocycles. The monoisotopic (exact) mass is 429 g/mol. The third-order valence-corrected chi connectivity index (χ3v) is 4.16. The third kappa shape index (κ3) is 4.61. The van der Waals surface area contributed by atoms with Crippen LogP contribution in [0.25, 0.3) is 11.4 Å². The summed E-state index contributed by atoms with van der Waals surface area (Å²) in [6.07, 6.45) is -2.40. The second kappa shape index (κ2) is 8.40. The molecule has 0 atom stereocenters. The minimum atomic E-state index is -4.85. The van der Waals surface area contributed by atoms with Gasteiger partial charge in [-0.25, -0.2) is 9.97 Å². The molecule has 2 aromatic heterocycles. The van der Waals surface area contributed by atoms with E-state index in [-0.39, 0.29) is 68.7 Å². The van der Waals surface area contributed by atoms with Gasteiger partial charge in [0.2, 0.25) is 5.95 Å². The number of alkyl halides is 3. The molecule has 29 heavy (non-hydrogen) atoms. The van der Waals surface area contributed by atoms with Crippen LogP contribution in [0.2, 0.25) is 0 Å². The van der Waals surface area contributed by atoms with Crippen molar-refractivity contribution >= 4 is 17.6 Å². The molecule has 0 fully saturated rings. The Hall–Kier alpha value is -1.99. The molecule has 0 aliphatic heterocycles. The maximum absolute atomic E-state index is 12.6. The second-order valence-electron chi connectivity index (χ2n) is 5.95. The van der Waals surface area contributed by atoms with Crippen LogP contribution in [0.5, 0.6) is 5.75 Å². The fraction of sp³-hybridized carbons (Fsp3) is 0.176. The molecule has 0 amide bonds. The van der Waals surface area contributed by atoms with E-state index in [2.05, 4.69) is 30.2 Å². The number of carboxylic acids is 1. The van der Waals surface area contributed by atoms with Crippen LogP contribution in [0.4, 0.5) is 24.8 Å². The van der Waals surface area contributed by atoms with Crippen molar-refractivity contribution in [2.24, 2.45) is 0 Å². The number of carboxylic acid groups (broad SMARTS) is 1. The average molecular weight is 429 g/mol. The van der Waals surface area contributed by atoms with Gasteiger partial charge >= 0.3 is 57.7 Å². The van der Waals surface area contributed by atoms with Crippen molar-refractivity contribution in [2.45, 2.75) is 19.2 Å². The number of benzene rings is 1. The molecule has 8 nitrogen and oxygen atoms in total. The molecular formula is C17H11F3KN5O3. The fourth-order valence-corrected chi connectivity index (χ4v) is 2.99. The van der Waals surface area contributed by atoms with Crippen molar-refractivity contribution in [1.82, 2.24) is 20.2 Å². The Balaban J connectivity index is 0.00000240. The molecule has 0 saturated heterocycles. The molecule has 144 valence electrons. The topological polar surface area (TPSA) is 116 Å². The molecule has 0 radical (unpaired) electrons. The quantitative estimate of drug-likeness (QED) is 0.510. The fourth-order valence-electron chi connectivity index (χ4n) is 2.99. The largest absolute Gasteiger partial charge is 1.00 e. The van der Waals surface area contributed by atoms with Crippen LogP contribution < -0.4 is 66.5 Å². The number of nitrogens with one attached hydrogen (secondary N) is 2. The number of para-hydroxylation sites is 2. The molecule has 12 heteroatoms. The summed E-state index contributed by atoms with van der Waals surface area (Å²) >= 11 is 0. The standard InChI is InChI=1S/C17H12F3N5O3.K/c18-17(19,20)28-11-4-2-1-3-10(11)22-16-21-7-8-5-6-9-13(12(8)23-16)24-25-14(9)15(26)27;/h1-4,7H,5-6H2,(H,24,25)(H,26,27)(H,21,22,23);/q;+1/p-1. The number of nitrogens with zero attached hydrogens (tertiary/aromatic N) is 3. The molecule has 0 bridgehead atoms. The summed E-state index contributed by atoms with van der Waals surface area (Å²) in [5.41, 5.74) is 1.88. The van der Waals surface area contributed by atoms with Gasteiger partial charge in [0.15, 0.2) is 5.75 Å². The van der Waals surface area contributed by atoms with Crippen molar-refractivity contribution in [3.8, 4) is 17.1 Å². The first kappa shape index (κ1) is 21.7. The van der Waals surface area contributed by atoms with Gasteiger partial charge in [0, 0.05) is 11.8 Å². The van der Waals surface area contributed by atoms with Crippen LogP contribution in [0.1, 0.15) is 21.6 Å². The van der Waals surface area contributed by atoms with Crippen LogP contribution in [0.3, 0.4) is 0 Å². The summed E-state index contributed by atoms with van der Waals surface area (Å²) in [6, 6.07) is 5.48. The van der Waals surface area contributed by atoms with E-state index >= 15 is 0 Å². The van der Waals surface area contributed by atoms with Crippen LogP contribution in [0.15, 0.2) is 30.5 Å². The number of hydrogen-bond acceptors (Lipinski definition) is 7. The van der Waals surface area contributed by atoms with E-state index < -0.39 is 18.1 Å². The molecule has 0 spiro atoms. The van der Waals surface area contributed by atoms with Crippen LogP contribution in [-0.4, -0.2) is 32.5 Å². The zero-order chi connectivity index (χ0) is 19.9. The number of halogens is 3. The van der Waals surface area contributed by atoms with Gasteiger partial charge in [-0.05, 0) is 30.5 Å². The Morgan fingerprint density at radius 3 is 2.69 bits per heavy atom. The minimum Gasteiger partial charge on any atom is -0.543 e. The van der Waals surface area contributed by atoms with E-state index in [0.29, 0.717) is 29.8 Å². The molecule has 1 aliphatic rings. The van der Waals surface area contributed by atoms with Crippen molar-refractivity contribution in [3.05, 3.63) is 47.3 Å². The Labute approximate surface area is 204 Å². The van der Waals surface area contributed by atoms with Crippen LogP contribution in [0, 0.1) is 0 Å². The molecule has 0 unspecified atom stereocenters. The van der Waals surface area contributed by atoms with Gasteiger partial charge in [0.05, 0.1) is 23.0 Å². The summed E-state index contributed by atoms with van der Waals surface area (Å²) in [7, 11) is 0. The van der Waals surface area contributed by atoms with Gasteiger partial charge in [-0.15, -0.1) is 13.2 Å². The van der Waals surface area contributed by atoms with E-state index in [4.69, 9.17) is 0 Å². The first-order chi connectivity index (χ1) is 13.3. The molecule has 1 aliphatic carbocycles. The smallest absolute Gasteiger partial charge is 0.543 e. The summed E-state index contributed by atoms with van der Waals surface area (Å²) in [4.78, 5) is 19.6. The van der Waals surface area contributed by atoms with Gasteiger partial charge in [0.25, 0.3) is 0 Å². The first-order valence-electron chi connectivity index (χ1n) is 8.08. The van der Waals surface area contributed by atoms with Crippen molar-refractivity contribution in [1.29, 1.82) is 0 Å². The van der Waals surface area contributed by atoms with Gasteiger partial charge in [-0.2, -0.15) is 5.10 Å². The zero-order valence-electron chi connectivity index (χ0n) is 15.0. The summed E-state index contributed by atoms with van der Waals surface area (Å²) in [5, 5.41) is 20.3. The van der Waals surface area contributed by atoms with Crippen LogP contribution >= 0.6 is 0 Å². The van der Waals surface area contributed by atoms with Crippen LogP contribution in [-0.2, 0) is 12.8 Å². The normalized spacial score (nSPS) is 12.4. The van der Waals surface area contributed by atoms with E-state index in [1.54, 1.807) is 0 Å². The number of fused-ring (bicyclic) bond motifs is 3. The summed E-state index contributed by atoms with van der Waals surface area (Å²) < 4.78 is 41.7. The van der Waals surface area contributed by atoms with E-state index in [1.807, 2.05) is 0 Å². The van der Waals surface area contributed by atoms with E-state index in [0.717, 1.165) is 11.6 Å². The van der Waals surface area contributed by atoms with Crippen molar-refractivity contribution in [2.75, 3.05) is 5.32 Å². The maximum atomic E-state index is 12.6. The average Bonchev–Trinajstić information content (AvgIpc) is 3.07. The Kier molecular flexibility index (Phi) is 6.29. The molecular weight excluding hydrogens is 418 g/mol. The number of ether oxygens (including phenoxy) is 1. The van der Waals surface area contributed by atoms with E-state index in [1.165, 1.54) is 24.4 Å². The Morgan fingerprint density at radius 1 is 1.21 bits per heavy atom. The predicted molar refractivity (Wildman–Crippen MR) is 87.8 cm³/mol. The Morgan fingerprint density at radius 2 is 1.97 bits per heavy atom. The van der Waals surface area contributed by atoms with E-state index in [9.17, 15) is 23.1 Å². The zero-order valence-corrected chi connectivity index (χ0v) is 18.1. The number of carbonyl (C=O) groups is 1. The first-order valence-corrected chi connectivity index (χ1v) is 8.08. The minimum absolute atomic E-state index is 0. The molecule has 2 heterocycles. The second-order valence-corrected chi connectivity index (χ2v) is 5.95. The van der Waals surface area contributed by atoms with Crippen molar-refractivity contribution in [3.63, 3.8) is 0 Å². The molecule has 3 aromatic rings. The number of aryl methyl sites for hydroxylation is 1. The Bertz CT molecular complexity index is 1070. The van der Waals surface area contributed by atoms with Gasteiger partial charge in [0.1, 0.15) is 5.69 Å². The SMILES string of the molecule is O=C([O-])c1[nH]nc2c1CCc1cnc(Nc3ccccc3OC(F)(F)F)nc1-2.[K+]. The number of aromatic carboxylic acids is 1. The van der Waals surface area contributed by atoms with Gasteiger partial charge in [-0.3, -0.25) is 5.10 Å². The summed E-state index contributed by atoms with van der Waals surface area (Å²) in [5.74, 6) is -1.79.